The molecule has 2 aliphatic rings. The lowest BCUT2D eigenvalue weighted by Gasteiger charge is -2.39. The summed E-state index contributed by atoms with van der Waals surface area (Å²) in [6.07, 6.45) is 5.69. The van der Waals surface area contributed by atoms with Crippen LogP contribution in [0.1, 0.15) is 39.0 Å². The van der Waals surface area contributed by atoms with E-state index in [1.807, 2.05) is 4.90 Å². The molecular formula is C12H23N3O. The molecule has 1 saturated carbocycles. The third-order valence-electron chi connectivity index (χ3n) is 3.94. The molecule has 0 aromatic carbocycles. The van der Waals surface area contributed by atoms with Gasteiger partial charge in [0.1, 0.15) is 0 Å². The van der Waals surface area contributed by atoms with E-state index in [-0.39, 0.29) is 12.1 Å². The molecule has 2 amide bonds. The first kappa shape index (κ1) is 11.7. The Bertz CT molecular complexity index is 253. The molecule has 2 unspecified atom stereocenters. The van der Waals surface area contributed by atoms with Gasteiger partial charge in [-0.1, -0.05) is 6.92 Å². The fourth-order valence-corrected chi connectivity index (χ4v) is 2.55. The zero-order valence-electron chi connectivity index (χ0n) is 10.1. The van der Waals surface area contributed by atoms with Gasteiger partial charge in [-0.15, -0.1) is 0 Å². The van der Waals surface area contributed by atoms with Gasteiger partial charge in [-0.05, 0) is 38.0 Å². The predicted octanol–water partition coefficient (Wildman–Crippen LogP) is 1.31. The quantitative estimate of drug-likeness (QED) is 0.744. The molecular weight excluding hydrogens is 202 g/mol. The molecule has 4 heteroatoms. The van der Waals surface area contributed by atoms with Crippen LogP contribution in [-0.2, 0) is 0 Å². The number of hydrogen-bond acceptors (Lipinski definition) is 2. The van der Waals surface area contributed by atoms with E-state index < -0.39 is 0 Å². The standard InChI is InChI=1S/C12H23N3O/c1-9-5-6-15(11(7-9)8-13)12(16)14-10-3-2-4-10/h9-11H,2-8,13H2,1H3,(H,14,16). The topological polar surface area (TPSA) is 58.4 Å². The van der Waals surface area contributed by atoms with Crippen LogP contribution in [0.25, 0.3) is 0 Å². The Morgan fingerprint density at radius 3 is 2.75 bits per heavy atom. The van der Waals surface area contributed by atoms with Gasteiger partial charge in [-0.25, -0.2) is 4.79 Å². The van der Waals surface area contributed by atoms with E-state index in [0.29, 0.717) is 18.5 Å². The Morgan fingerprint density at radius 1 is 1.44 bits per heavy atom. The minimum absolute atomic E-state index is 0.104. The number of likely N-dealkylation sites (tertiary alicyclic amines) is 1. The van der Waals surface area contributed by atoms with Gasteiger partial charge in [0.05, 0.1) is 0 Å². The third-order valence-corrected chi connectivity index (χ3v) is 3.94. The van der Waals surface area contributed by atoms with Crippen LogP contribution < -0.4 is 11.1 Å². The molecule has 0 aromatic heterocycles. The van der Waals surface area contributed by atoms with Crippen LogP contribution in [0, 0.1) is 5.92 Å². The average molecular weight is 225 g/mol. The Kier molecular flexibility index (Phi) is 3.69. The maximum Gasteiger partial charge on any atom is 0.317 e. The maximum atomic E-state index is 12.0. The maximum absolute atomic E-state index is 12.0. The number of carbonyl (C=O) groups excluding carboxylic acids is 1. The summed E-state index contributed by atoms with van der Waals surface area (Å²) in [6, 6.07) is 0.765. The Morgan fingerprint density at radius 2 is 2.19 bits per heavy atom. The molecule has 2 fully saturated rings. The molecule has 0 radical (unpaired) electrons. The van der Waals surface area contributed by atoms with Crippen LogP contribution in [0.4, 0.5) is 4.79 Å². The van der Waals surface area contributed by atoms with Crippen LogP contribution in [0.5, 0.6) is 0 Å². The highest BCUT2D eigenvalue weighted by Gasteiger charge is 2.30. The van der Waals surface area contributed by atoms with Crippen molar-refractivity contribution in [2.24, 2.45) is 11.7 Å². The molecule has 0 aromatic rings. The van der Waals surface area contributed by atoms with Crippen LogP contribution >= 0.6 is 0 Å². The van der Waals surface area contributed by atoms with Crippen LogP contribution in [0.3, 0.4) is 0 Å². The molecule has 4 nitrogen and oxygen atoms in total. The molecule has 2 rings (SSSR count). The summed E-state index contributed by atoms with van der Waals surface area (Å²) in [5.74, 6) is 0.696. The van der Waals surface area contributed by atoms with Gasteiger partial charge in [0.2, 0.25) is 0 Å². The number of piperidine rings is 1. The lowest BCUT2D eigenvalue weighted by Crippen LogP contribution is -2.55. The zero-order chi connectivity index (χ0) is 11.5. The van der Waals surface area contributed by atoms with Crippen molar-refractivity contribution in [3.63, 3.8) is 0 Å². The Labute approximate surface area is 97.6 Å². The highest BCUT2D eigenvalue weighted by atomic mass is 16.2. The van der Waals surface area contributed by atoms with Crippen molar-refractivity contribution in [3.8, 4) is 0 Å². The summed E-state index contributed by atoms with van der Waals surface area (Å²) in [5, 5.41) is 3.10. The van der Waals surface area contributed by atoms with Gasteiger partial charge < -0.3 is 16.0 Å². The molecule has 2 atom stereocenters. The first-order valence-corrected chi connectivity index (χ1v) is 6.48. The molecule has 16 heavy (non-hydrogen) atoms. The minimum atomic E-state index is 0.104. The second kappa shape index (κ2) is 5.04. The lowest BCUT2D eigenvalue weighted by molar-refractivity contribution is 0.128. The normalized spacial score (nSPS) is 31.0. The number of hydrogen-bond donors (Lipinski definition) is 2. The van der Waals surface area contributed by atoms with E-state index in [2.05, 4.69) is 12.2 Å². The predicted molar refractivity (Wildman–Crippen MR) is 64.1 cm³/mol. The van der Waals surface area contributed by atoms with Crippen molar-refractivity contribution < 1.29 is 4.79 Å². The molecule has 1 aliphatic carbocycles. The smallest absolute Gasteiger partial charge is 0.317 e. The van der Waals surface area contributed by atoms with Crippen molar-refractivity contribution >= 4 is 6.03 Å². The van der Waals surface area contributed by atoms with E-state index in [0.717, 1.165) is 32.2 Å². The van der Waals surface area contributed by atoms with E-state index in [1.54, 1.807) is 0 Å². The SMILES string of the molecule is CC1CCN(C(=O)NC2CCC2)C(CN)C1. The molecule has 92 valence electrons. The second-order valence-corrected chi connectivity index (χ2v) is 5.29. The van der Waals surface area contributed by atoms with Crippen molar-refractivity contribution in [3.05, 3.63) is 0 Å². The summed E-state index contributed by atoms with van der Waals surface area (Å²) in [6.45, 7) is 3.69. The summed E-state index contributed by atoms with van der Waals surface area (Å²) < 4.78 is 0. The van der Waals surface area contributed by atoms with Crippen molar-refractivity contribution in [1.82, 2.24) is 10.2 Å². The molecule has 0 bridgehead atoms. The van der Waals surface area contributed by atoms with E-state index in [4.69, 9.17) is 5.73 Å². The summed E-state index contributed by atoms with van der Waals surface area (Å²) in [4.78, 5) is 14.0. The fourth-order valence-electron chi connectivity index (χ4n) is 2.55. The van der Waals surface area contributed by atoms with Gasteiger partial charge in [0.15, 0.2) is 0 Å². The first-order valence-electron chi connectivity index (χ1n) is 6.48. The highest BCUT2D eigenvalue weighted by molar-refractivity contribution is 5.75. The zero-order valence-corrected chi connectivity index (χ0v) is 10.1. The highest BCUT2D eigenvalue weighted by Crippen LogP contribution is 2.23. The number of rotatable bonds is 2. The van der Waals surface area contributed by atoms with Gasteiger partial charge >= 0.3 is 6.03 Å². The molecule has 1 heterocycles. The molecule has 3 N–H and O–H groups in total. The monoisotopic (exact) mass is 225 g/mol. The number of nitrogens with zero attached hydrogens (tertiary/aromatic N) is 1. The van der Waals surface area contributed by atoms with Gasteiger partial charge in [0.25, 0.3) is 0 Å². The summed E-state index contributed by atoms with van der Waals surface area (Å²) >= 11 is 0. The van der Waals surface area contributed by atoms with Crippen LogP contribution in [0.15, 0.2) is 0 Å². The van der Waals surface area contributed by atoms with E-state index >= 15 is 0 Å². The number of nitrogens with one attached hydrogen (secondary N) is 1. The van der Waals surface area contributed by atoms with Crippen molar-refractivity contribution in [2.45, 2.75) is 51.1 Å². The number of carbonyl (C=O) groups is 1. The van der Waals surface area contributed by atoms with Crippen LogP contribution in [0.2, 0.25) is 0 Å². The number of amides is 2. The van der Waals surface area contributed by atoms with Crippen LogP contribution in [-0.4, -0.2) is 36.1 Å². The van der Waals surface area contributed by atoms with Gasteiger partial charge in [-0.2, -0.15) is 0 Å². The van der Waals surface area contributed by atoms with Gasteiger partial charge in [0, 0.05) is 25.2 Å². The lowest BCUT2D eigenvalue weighted by atomic mass is 9.92. The fraction of sp³-hybridized carbons (Fsp3) is 0.917. The van der Waals surface area contributed by atoms with Crippen molar-refractivity contribution in [1.29, 1.82) is 0 Å². The first-order chi connectivity index (χ1) is 7.70. The Balaban J connectivity index is 1.87. The number of urea groups is 1. The molecule has 0 spiro atoms. The van der Waals surface area contributed by atoms with Crippen molar-refractivity contribution in [2.75, 3.05) is 13.1 Å². The molecule has 1 saturated heterocycles. The third kappa shape index (κ3) is 2.48. The minimum Gasteiger partial charge on any atom is -0.335 e. The second-order valence-electron chi connectivity index (χ2n) is 5.29. The average Bonchev–Trinajstić information content (AvgIpc) is 2.23. The summed E-state index contributed by atoms with van der Waals surface area (Å²) in [7, 11) is 0. The molecule has 1 aliphatic heterocycles. The van der Waals surface area contributed by atoms with Gasteiger partial charge in [-0.3, -0.25) is 0 Å². The Hall–Kier alpha value is -0.770. The van der Waals surface area contributed by atoms with E-state index in [9.17, 15) is 4.79 Å². The van der Waals surface area contributed by atoms with E-state index in [1.165, 1.54) is 6.42 Å². The largest absolute Gasteiger partial charge is 0.335 e. The summed E-state index contributed by atoms with van der Waals surface area (Å²) in [5.41, 5.74) is 5.75. The number of nitrogens with two attached hydrogens (primary N) is 1.